The molecule has 0 aliphatic heterocycles. The highest BCUT2D eigenvalue weighted by Gasteiger charge is 1.99. The molecule has 1 rings (SSSR count). The van der Waals surface area contributed by atoms with Gasteiger partial charge in [0.05, 0.1) is 6.21 Å². The molecular weight excluding hydrogens is 188 g/mol. The number of hydrogen-bond acceptors (Lipinski definition) is 3. The lowest BCUT2D eigenvalue weighted by Crippen LogP contribution is -2.21. The van der Waals surface area contributed by atoms with E-state index in [0.29, 0.717) is 0 Å². The summed E-state index contributed by atoms with van der Waals surface area (Å²) in [7, 11) is 1.54. The summed E-state index contributed by atoms with van der Waals surface area (Å²) in [4.78, 5) is 6.93. The van der Waals surface area contributed by atoms with Crippen molar-refractivity contribution in [3.8, 4) is 0 Å². The van der Waals surface area contributed by atoms with Gasteiger partial charge >= 0.3 is 0 Å². The molecule has 0 atom stereocenters. The molecule has 0 fully saturated rings. The number of oxime groups is 1. The van der Waals surface area contributed by atoms with Crippen LogP contribution < -0.4 is 4.90 Å². The van der Waals surface area contributed by atoms with Crippen LogP contribution in [-0.2, 0) is 4.84 Å². The van der Waals surface area contributed by atoms with Gasteiger partial charge in [-0.05, 0) is 31.5 Å². The van der Waals surface area contributed by atoms with Gasteiger partial charge in [-0.3, -0.25) is 0 Å². The van der Waals surface area contributed by atoms with Crippen LogP contribution in [0.1, 0.15) is 19.4 Å². The van der Waals surface area contributed by atoms with E-state index in [4.69, 9.17) is 0 Å². The van der Waals surface area contributed by atoms with Crippen molar-refractivity contribution >= 4 is 11.9 Å². The second-order valence-electron chi connectivity index (χ2n) is 3.18. The van der Waals surface area contributed by atoms with Gasteiger partial charge in [0.25, 0.3) is 0 Å². The molecule has 3 heteroatoms. The highest BCUT2D eigenvalue weighted by atomic mass is 16.6. The van der Waals surface area contributed by atoms with E-state index >= 15 is 0 Å². The zero-order valence-electron chi connectivity index (χ0n) is 9.60. The number of hydrogen-bond donors (Lipinski definition) is 0. The number of anilines is 1. The molecule has 15 heavy (non-hydrogen) atoms. The van der Waals surface area contributed by atoms with Crippen LogP contribution in [0.3, 0.4) is 0 Å². The lowest BCUT2D eigenvalue weighted by Gasteiger charge is -2.20. The van der Waals surface area contributed by atoms with Crippen LogP contribution in [0.4, 0.5) is 5.69 Å². The number of benzene rings is 1. The highest BCUT2D eigenvalue weighted by molar-refractivity contribution is 5.79. The van der Waals surface area contributed by atoms with Crippen LogP contribution in [0.2, 0.25) is 0 Å². The standard InChI is InChI=1S/C12H18N2O/c1-4-14(5-2)12-8-6-11(7-9-12)10-13-15-3/h6-10H,4-5H2,1-3H3/b13-10+. The maximum absolute atomic E-state index is 4.62. The Morgan fingerprint density at radius 3 is 2.27 bits per heavy atom. The Hall–Kier alpha value is -1.51. The van der Waals surface area contributed by atoms with Gasteiger partial charge in [0.1, 0.15) is 7.11 Å². The zero-order valence-corrected chi connectivity index (χ0v) is 9.60. The SMILES string of the molecule is CCN(CC)c1ccc(/C=N/OC)cc1. The highest BCUT2D eigenvalue weighted by Crippen LogP contribution is 2.13. The van der Waals surface area contributed by atoms with Crippen LogP contribution in [0, 0.1) is 0 Å². The average Bonchev–Trinajstić information content (AvgIpc) is 2.29. The van der Waals surface area contributed by atoms with Crippen molar-refractivity contribution in [1.29, 1.82) is 0 Å². The van der Waals surface area contributed by atoms with E-state index in [1.165, 1.54) is 5.69 Å². The number of rotatable bonds is 5. The van der Waals surface area contributed by atoms with Gasteiger partial charge in [0.15, 0.2) is 0 Å². The van der Waals surface area contributed by atoms with Crippen LogP contribution in [0.15, 0.2) is 29.4 Å². The molecule has 0 saturated heterocycles. The summed E-state index contributed by atoms with van der Waals surface area (Å²) < 4.78 is 0. The quantitative estimate of drug-likeness (QED) is 0.546. The largest absolute Gasteiger partial charge is 0.399 e. The van der Waals surface area contributed by atoms with Crippen LogP contribution >= 0.6 is 0 Å². The van der Waals surface area contributed by atoms with E-state index in [-0.39, 0.29) is 0 Å². The predicted molar refractivity (Wildman–Crippen MR) is 64.6 cm³/mol. The molecule has 0 spiro atoms. The molecule has 3 nitrogen and oxygen atoms in total. The van der Waals surface area contributed by atoms with Crippen molar-refractivity contribution in [1.82, 2.24) is 0 Å². The minimum atomic E-state index is 1.03. The first-order valence-corrected chi connectivity index (χ1v) is 5.23. The average molecular weight is 206 g/mol. The van der Waals surface area contributed by atoms with Crippen molar-refractivity contribution in [3.63, 3.8) is 0 Å². The fraction of sp³-hybridized carbons (Fsp3) is 0.417. The van der Waals surface area contributed by atoms with Crippen molar-refractivity contribution in [2.75, 3.05) is 25.1 Å². The Labute approximate surface area is 91.3 Å². The lowest BCUT2D eigenvalue weighted by molar-refractivity contribution is 0.215. The molecule has 0 saturated carbocycles. The van der Waals surface area contributed by atoms with Crippen molar-refractivity contribution in [2.45, 2.75) is 13.8 Å². The first-order valence-electron chi connectivity index (χ1n) is 5.23. The summed E-state index contributed by atoms with van der Waals surface area (Å²) in [5.74, 6) is 0. The van der Waals surface area contributed by atoms with Gasteiger partial charge in [-0.25, -0.2) is 0 Å². The van der Waals surface area contributed by atoms with Crippen molar-refractivity contribution < 1.29 is 4.84 Å². The molecule has 0 aromatic heterocycles. The van der Waals surface area contributed by atoms with Crippen LogP contribution in [-0.4, -0.2) is 26.4 Å². The first-order chi connectivity index (χ1) is 7.31. The Balaban J connectivity index is 2.75. The molecular formula is C12H18N2O. The topological polar surface area (TPSA) is 24.8 Å². The van der Waals surface area contributed by atoms with Gasteiger partial charge in [-0.15, -0.1) is 0 Å². The Morgan fingerprint density at radius 2 is 1.80 bits per heavy atom. The second kappa shape index (κ2) is 6.06. The van der Waals surface area contributed by atoms with E-state index in [9.17, 15) is 0 Å². The van der Waals surface area contributed by atoms with Gasteiger partial charge in [0.2, 0.25) is 0 Å². The third kappa shape index (κ3) is 3.27. The van der Waals surface area contributed by atoms with Crippen molar-refractivity contribution in [2.24, 2.45) is 5.16 Å². The molecule has 0 bridgehead atoms. The van der Waals surface area contributed by atoms with Crippen molar-refractivity contribution in [3.05, 3.63) is 29.8 Å². The second-order valence-corrected chi connectivity index (χ2v) is 3.18. The molecule has 0 aliphatic rings. The summed E-state index contributed by atoms with van der Waals surface area (Å²) in [6, 6.07) is 8.28. The van der Waals surface area contributed by atoms with E-state index in [2.05, 4.69) is 40.9 Å². The fourth-order valence-corrected chi connectivity index (χ4v) is 1.47. The summed E-state index contributed by atoms with van der Waals surface area (Å²) in [5, 5.41) is 3.72. The lowest BCUT2D eigenvalue weighted by atomic mass is 10.2. The molecule has 0 aliphatic carbocycles. The van der Waals surface area contributed by atoms with Gasteiger partial charge in [-0.1, -0.05) is 17.3 Å². The Bertz CT molecular complexity index is 302. The molecule has 0 radical (unpaired) electrons. The molecule has 0 amide bonds. The normalized spacial score (nSPS) is 10.6. The Kier molecular flexibility index (Phi) is 4.68. The van der Waals surface area contributed by atoms with Crippen LogP contribution in [0.5, 0.6) is 0 Å². The maximum atomic E-state index is 4.62. The summed E-state index contributed by atoms with van der Waals surface area (Å²) in [5.41, 5.74) is 2.29. The minimum Gasteiger partial charge on any atom is -0.399 e. The monoisotopic (exact) mass is 206 g/mol. The summed E-state index contributed by atoms with van der Waals surface area (Å²) in [6.07, 6.45) is 1.70. The maximum Gasteiger partial charge on any atom is 0.106 e. The molecule has 0 unspecified atom stereocenters. The molecule has 1 aromatic carbocycles. The predicted octanol–water partition coefficient (Wildman–Crippen LogP) is 2.51. The van der Waals surface area contributed by atoms with Gasteiger partial charge in [0, 0.05) is 18.8 Å². The van der Waals surface area contributed by atoms with Gasteiger partial charge < -0.3 is 9.74 Å². The molecule has 1 aromatic rings. The molecule has 0 N–H and O–H groups in total. The molecule has 82 valence electrons. The summed E-state index contributed by atoms with van der Waals surface area (Å²) in [6.45, 7) is 6.37. The van der Waals surface area contributed by atoms with E-state index < -0.39 is 0 Å². The van der Waals surface area contributed by atoms with Gasteiger partial charge in [-0.2, -0.15) is 0 Å². The van der Waals surface area contributed by atoms with E-state index in [1.807, 2.05) is 12.1 Å². The molecule has 0 heterocycles. The minimum absolute atomic E-state index is 1.03. The first kappa shape index (κ1) is 11.6. The Morgan fingerprint density at radius 1 is 1.20 bits per heavy atom. The summed E-state index contributed by atoms with van der Waals surface area (Å²) >= 11 is 0. The zero-order chi connectivity index (χ0) is 11.1. The van der Waals surface area contributed by atoms with Crippen LogP contribution in [0.25, 0.3) is 0 Å². The third-order valence-electron chi connectivity index (χ3n) is 2.33. The fourth-order valence-electron chi connectivity index (χ4n) is 1.47. The third-order valence-corrected chi connectivity index (χ3v) is 2.33. The number of nitrogens with zero attached hydrogens (tertiary/aromatic N) is 2. The van der Waals surface area contributed by atoms with E-state index in [0.717, 1.165) is 18.7 Å². The van der Waals surface area contributed by atoms with E-state index in [1.54, 1.807) is 13.3 Å². The smallest absolute Gasteiger partial charge is 0.106 e.